The number of hydrogen-bond donors (Lipinski definition) is 2. The van der Waals surface area contributed by atoms with Crippen molar-refractivity contribution in [3.05, 3.63) is 59.7 Å². The fourth-order valence-electron chi connectivity index (χ4n) is 2.86. The fourth-order valence-corrected chi connectivity index (χ4v) is 2.86. The van der Waals surface area contributed by atoms with Crippen LogP contribution in [0.15, 0.2) is 48.5 Å². The van der Waals surface area contributed by atoms with Crippen LogP contribution in [0.3, 0.4) is 0 Å². The van der Waals surface area contributed by atoms with Crippen LogP contribution < -0.4 is 10.6 Å². The molecule has 0 aliphatic carbocycles. The van der Waals surface area contributed by atoms with Crippen LogP contribution >= 0.6 is 0 Å². The Morgan fingerprint density at radius 2 is 1.49 bits per heavy atom. The number of nitrogens with one attached hydrogen (secondary N) is 2. The van der Waals surface area contributed by atoms with E-state index in [9.17, 15) is 24.0 Å². The molecule has 0 bridgehead atoms. The Kier molecular flexibility index (Phi) is 10.6. The highest BCUT2D eigenvalue weighted by Gasteiger charge is 2.12. The molecule has 0 unspecified atom stereocenters. The van der Waals surface area contributed by atoms with E-state index in [1.165, 1.54) is 13.0 Å². The summed E-state index contributed by atoms with van der Waals surface area (Å²) in [6.45, 7) is 5.18. The molecule has 186 valence electrons. The van der Waals surface area contributed by atoms with Crippen molar-refractivity contribution in [1.29, 1.82) is 0 Å². The summed E-state index contributed by atoms with van der Waals surface area (Å²) in [5, 5.41) is 5.25. The SMILES string of the molecule is CC(=O)c1cccc(NC(=O)COC(=O)CCCC(=O)Nc2ccc(C(=O)OCC(C)C)cc2)c1. The van der Waals surface area contributed by atoms with Gasteiger partial charge >= 0.3 is 11.9 Å². The van der Waals surface area contributed by atoms with Gasteiger partial charge in [0.05, 0.1) is 12.2 Å². The maximum Gasteiger partial charge on any atom is 0.338 e. The Morgan fingerprint density at radius 1 is 0.800 bits per heavy atom. The van der Waals surface area contributed by atoms with Gasteiger partial charge in [-0.15, -0.1) is 0 Å². The molecule has 0 aliphatic heterocycles. The van der Waals surface area contributed by atoms with E-state index in [1.807, 2.05) is 13.8 Å². The summed E-state index contributed by atoms with van der Waals surface area (Å²) in [6.07, 6.45) is 0.297. The van der Waals surface area contributed by atoms with Crippen molar-refractivity contribution in [1.82, 2.24) is 0 Å². The van der Waals surface area contributed by atoms with Gasteiger partial charge in [0.25, 0.3) is 5.91 Å². The van der Waals surface area contributed by atoms with E-state index in [0.29, 0.717) is 29.1 Å². The van der Waals surface area contributed by atoms with Gasteiger partial charge < -0.3 is 20.1 Å². The fraction of sp³-hybridized carbons (Fsp3) is 0.346. The molecule has 2 amide bonds. The van der Waals surface area contributed by atoms with E-state index in [1.54, 1.807) is 42.5 Å². The van der Waals surface area contributed by atoms with Gasteiger partial charge in [-0.05, 0) is 55.7 Å². The summed E-state index contributed by atoms with van der Waals surface area (Å²) < 4.78 is 10.1. The van der Waals surface area contributed by atoms with E-state index >= 15 is 0 Å². The number of rotatable bonds is 12. The number of carbonyl (C=O) groups is 5. The van der Waals surface area contributed by atoms with Gasteiger partial charge in [0.1, 0.15) is 0 Å². The zero-order valence-corrected chi connectivity index (χ0v) is 20.1. The third-order valence-corrected chi connectivity index (χ3v) is 4.65. The Balaban J connectivity index is 1.66. The molecular weight excluding hydrogens is 452 g/mol. The summed E-state index contributed by atoms with van der Waals surface area (Å²) in [5.41, 5.74) is 1.79. The molecule has 0 aliphatic rings. The van der Waals surface area contributed by atoms with Crippen LogP contribution in [-0.4, -0.2) is 42.7 Å². The van der Waals surface area contributed by atoms with Crippen LogP contribution in [0.4, 0.5) is 11.4 Å². The first kappa shape index (κ1) is 27.2. The third-order valence-electron chi connectivity index (χ3n) is 4.65. The van der Waals surface area contributed by atoms with Crippen molar-refractivity contribution in [2.24, 2.45) is 5.92 Å². The van der Waals surface area contributed by atoms with Crippen molar-refractivity contribution < 1.29 is 33.4 Å². The molecule has 0 saturated heterocycles. The number of hydrogen-bond acceptors (Lipinski definition) is 7. The number of benzene rings is 2. The summed E-state index contributed by atoms with van der Waals surface area (Å²) >= 11 is 0. The third kappa shape index (κ3) is 10.2. The molecule has 0 heterocycles. The summed E-state index contributed by atoms with van der Waals surface area (Å²) in [4.78, 5) is 59.2. The normalized spacial score (nSPS) is 10.4. The summed E-state index contributed by atoms with van der Waals surface area (Å²) in [6, 6.07) is 12.8. The smallest absolute Gasteiger partial charge is 0.338 e. The highest BCUT2D eigenvalue weighted by atomic mass is 16.5. The zero-order valence-electron chi connectivity index (χ0n) is 20.1. The number of esters is 2. The molecular formula is C26H30N2O7. The average Bonchev–Trinajstić information content (AvgIpc) is 2.81. The minimum absolute atomic E-state index is 0.0266. The number of ether oxygens (including phenoxy) is 2. The Morgan fingerprint density at radius 3 is 2.14 bits per heavy atom. The van der Waals surface area contributed by atoms with E-state index in [0.717, 1.165) is 0 Å². The van der Waals surface area contributed by atoms with Crippen molar-refractivity contribution in [2.75, 3.05) is 23.8 Å². The van der Waals surface area contributed by atoms with Gasteiger partial charge in [-0.2, -0.15) is 0 Å². The maximum atomic E-state index is 12.1. The van der Waals surface area contributed by atoms with Gasteiger partial charge in [0.15, 0.2) is 12.4 Å². The van der Waals surface area contributed by atoms with Crippen molar-refractivity contribution in [2.45, 2.75) is 40.0 Å². The van der Waals surface area contributed by atoms with Gasteiger partial charge in [-0.3, -0.25) is 19.2 Å². The van der Waals surface area contributed by atoms with Gasteiger partial charge in [-0.1, -0.05) is 26.0 Å². The van der Waals surface area contributed by atoms with E-state index in [4.69, 9.17) is 9.47 Å². The minimum atomic E-state index is -0.602. The van der Waals surface area contributed by atoms with Crippen molar-refractivity contribution in [3.8, 4) is 0 Å². The first-order valence-electron chi connectivity index (χ1n) is 11.3. The zero-order chi connectivity index (χ0) is 25.8. The first-order valence-corrected chi connectivity index (χ1v) is 11.3. The van der Waals surface area contributed by atoms with Crippen LogP contribution in [0.25, 0.3) is 0 Å². The van der Waals surface area contributed by atoms with Crippen LogP contribution in [0.2, 0.25) is 0 Å². The molecule has 0 saturated carbocycles. The lowest BCUT2D eigenvalue weighted by Gasteiger charge is -2.09. The molecule has 0 fully saturated rings. The number of anilines is 2. The van der Waals surface area contributed by atoms with Crippen LogP contribution in [0, 0.1) is 5.92 Å². The second kappa shape index (κ2) is 13.6. The first-order chi connectivity index (χ1) is 16.6. The van der Waals surface area contributed by atoms with Gasteiger partial charge in [0.2, 0.25) is 5.91 Å². The van der Waals surface area contributed by atoms with Crippen LogP contribution in [-0.2, 0) is 23.9 Å². The Hall–Kier alpha value is -4.01. The molecule has 35 heavy (non-hydrogen) atoms. The quantitative estimate of drug-likeness (QED) is 0.346. The molecule has 0 radical (unpaired) electrons. The number of ketones is 1. The lowest BCUT2D eigenvalue weighted by atomic mass is 10.1. The monoisotopic (exact) mass is 482 g/mol. The van der Waals surface area contributed by atoms with E-state index in [-0.39, 0.29) is 36.9 Å². The van der Waals surface area contributed by atoms with Gasteiger partial charge in [-0.25, -0.2) is 4.79 Å². The standard InChI is InChI=1S/C26H30N2O7/c1-17(2)15-35-26(33)19-10-12-21(13-11-19)27-23(30)8-5-9-25(32)34-16-24(31)28-22-7-4-6-20(14-22)18(3)29/h4,6-7,10-14,17H,5,8-9,15-16H2,1-3H3,(H,27,30)(H,28,31). The lowest BCUT2D eigenvalue weighted by molar-refractivity contribution is -0.147. The predicted octanol–water partition coefficient (Wildman–Crippen LogP) is 3.99. The van der Waals surface area contributed by atoms with E-state index in [2.05, 4.69) is 10.6 Å². The summed E-state index contributed by atoms with van der Waals surface area (Å²) in [7, 11) is 0. The molecule has 9 nitrogen and oxygen atoms in total. The minimum Gasteiger partial charge on any atom is -0.462 e. The second-order valence-electron chi connectivity index (χ2n) is 8.32. The van der Waals surface area contributed by atoms with Crippen LogP contribution in [0.5, 0.6) is 0 Å². The van der Waals surface area contributed by atoms with Gasteiger partial charge in [0, 0.05) is 29.8 Å². The number of amides is 2. The number of carbonyl (C=O) groups excluding carboxylic acids is 5. The molecule has 2 aromatic rings. The second-order valence-corrected chi connectivity index (χ2v) is 8.32. The molecule has 2 N–H and O–H groups in total. The molecule has 2 rings (SSSR count). The predicted molar refractivity (Wildman–Crippen MR) is 130 cm³/mol. The Bertz CT molecular complexity index is 1060. The highest BCUT2D eigenvalue weighted by Crippen LogP contribution is 2.13. The number of Topliss-reactive ketones (excluding diaryl/α,β-unsaturated/α-hetero) is 1. The summed E-state index contributed by atoms with van der Waals surface area (Å²) in [5.74, 6) is -1.74. The molecule has 9 heteroatoms. The van der Waals surface area contributed by atoms with Crippen molar-refractivity contribution in [3.63, 3.8) is 0 Å². The topological polar surface area (TPSA) is 128 Å². The van der Waals surface area contributed by atoms with Crippen molar-refractivity contribution >= 4 is 40.9 Å². The van der Waals surface area contributed by atoms with Crippen LogP contribution in [0.1, 0.15) is 60.7 Å². The molecule has 0 atom stereocenters. The maximum absolute atomic E-state index is 12.1. The Labute approximate surface area is 204 Å². The molecule has 0 aromatic heterocycles. The lowest BCUT2D eigenvalue weighted by Crippen LogP contribution is -2.21. The van der Waals surface area contributed by atoms with E-state index < -0.39 is 24.5 Å². The molecule has 0 spiro atoms. The molecule has 2 aromatic carbocycles. The largest absolute Gasteiger partial charge is 0.462 e. The highest BCUT2D eigenvalue weighted by molar-refractivity contribution is 5.97. The average molecular weight is 483 g/mol.